The van der Waals surface area contributed by atoms with Gasteiger partial charge in [0.25, 0.3) is 0 Å². The smallest absolute Gasteiger partial charge is 0.163 e. The predicted molar refractivity (Wildman–Crippen MR) is 48.8 cm³/mol. The molecule has 1 aromatic carbocycles. The largest absolute Gasteiger partial charge is 0.504 e. The molecular formula is C10H11FO3. The normalized spacial score (nSPS) is 12.4. The van der Waals surface area contributed by atoms with Crippen LogP contribution in [0.15, 0.2) is 12.1 Å². The van der Waals surface area contributed by atoms with Gasteiger partial charge in [-0.15, -0.1) is 0 Å². The van der Waals surface area contributed by atoms with E-state index in [0.29, 0.717) is 6.29 Å². The van der Waals surface area contributed by atoms with E-state index in [1.165, 1.54) is 0 Å². The molecule has 2 N–H and O–H groups in total. The molecule has 0 saturated carbocycles. The summed E-state index contributed by atoms with van der Waals surface area (Å²) in [6.45, 7) is 1.60. The Morgan fingerprint density at radius 2 is 2.14 bits per heavy atom. The summed E-state index contributed by atoms with van der Waals surface area (Å²) < 4.78 is 13.2. The second kappa shape index (κ2) is 4.09. The number of carbonyl (C=O) groups is 1. The van der Waals surface area contributed by atoms with Gasteiger partial charge in [-0.1, -0.05) is 6.92 Å². The van der Waals surface area contributed by atoms with Crippen LogP contribution in [0, 0.1) is 5.82 Å². The zero-order valence-electron chi connectivity index (χ0n) is 7.70. The Labute approximate surface area is 80.8 Å². The summed E-state index contributed by atoms with van der Waals surface area (Å²) in [7, 11) is 0. The lowest BCUT2D eigenvalue weighted by atomic mass is 9.96. The van der Waals surface area contributed by atoms with Gasteiger partial charge in [-0.25, -0.2) is 4.39 Å². The SMILES string of the molecule is CC(CC=O)c1c(F)ccc(O)c1O. The van der Waals surface area contributed by atoms with Crippen molar-refractivity contribution < 1.29 is 19.4 Å². The fourth-order valence-electron chi connectivity index (χ4n) is 1.30. The number of benzene rings is 1. The van der Waals surface area contributed by atoms with E-state index in [2.05, 4.69) is 0 Å². The van der Waals surface area contributed by atoms with Crippen LogP contribution in [-0.2, 0) is 4.79 Å². The number of hydrogen-bond acceptors (Lipinski definition) is 3. The summed E-state index contributed by atoms with van der Waals surface area (Å²) >= 11 is 0. The maximum atomic E-state index is 13.2. The van der Waals surface area contributed by atoms with Crippen LogP contribution in [0.4, 0.5) is 4.39 Å². The highest BCUT2D eigenvalue weighted by Gasteiger charge is 2.17. The molecule has 0 spiro atoms. The van der Waals surface area contributed by atoms with E-state index in [1.807, 2.05) is 0 Å². The molecule has 0 fully saturated rings. The van der Waals surface area contributed by atoms with Gasteiger partial charge in [0.1, 0.15) is 12.1 Å². The maximum absolute atomic E-state index is 13.2. The monoisotopic (exact) mass is 198 g/mol. The molecule has 14 heavy (non-hydrogen) atoms. The van der Waals surface area contributed by atoms with Crippen LogP contribution in [0.1, 0.15) is 24.8 Å². The summed E-state index contributed by atoms with van der Waals surface area (Å²) in [5.74, 6) is -1.92. The molecule has 0 aliphatic carbocycles. The first-order valence-corrected chi connectivity index (χ1v) is 4.22. The van der Waals surface area contributed by atoms with Crippen LogP contribution < -0.4 is 0 Å². The molecule has 76 valence electrons. The Balaban J connectivity index is 3.17. The van der Waals surface area contributed by atoms with Crippen molar-refractivity contribution in [1.82, 2.24) is 0 Å². The van der Waals surface area contributed by atoms with E-state index < -0.39 is 17.5 Å². The van der Waals surface area contributed by atoms with Crippen molar-refractivity contribution in [2.75, 3.05) is 0 Å². The van der Waals surface area contributed by atoms with E-state index in [4.69, 9.17) is 5.11 Å². The molecule has 1 rings (SSSR count). The van der Waals surface area contributed by atoms with Gasteiger partial charge in [0.15, 0.2) is 11.5 Å². The zero-order valence-corrected chi connectivity index (χ0v) is 7.70. The lowest BCUT2D eigenvalue weighted by Gasteiger charge is -2.12. The Morgan fingerprint density at radius 3 is 2.71 bits per heavy atom. The van der Waals surface area contributed by atoms with Gasteiger partial charge in [0.2, 0.25) is 0 Å². The quantitative estimate of drug-likeness (QED) is 0.576. The highest BCUT2D eigenvalue weighted by Crippen LogP contribution is 2.36. The van der Waals surface area contributed by atoms with Gasteiger partial charge in [-0.2, -0.15) is 0 Å². The molecule has 0 aliphatic rings. The molecule has 4 heteroatoms. The summed E-state index contributed by atoms with van der Waals surface area (Å²) in [4.78, 5) is 10.2. The molecule has 1 aromatic rings. The van der Waals surface area contributed by atoms with Crippen LogP contribution in [0.3, 0.4) is 0 Å². The summed E-state index contributed by atoms with van der Waals surface area (Å²) in [6.07, 6.45) is 0.752. The molecule has 0 saturated heterocycles. The fraction of sp³-hybridized carbons (Fsp3) is 0.300. The van der Waals surface area contributed by atoms with Crippen LogP contribution in [0.25, 0.3) is 0 Å². The first-order valence-electron chi connectivity index (χ1n) is 4.22. The number of aromatic hydroxyl groups is 2. The number of halogens is 1. The summed E-state index contributed by atoms with van der Waals surface area (Å²) in [5, 5.41) is 18.5. The molecule has 0 aromatic heterocycles. The topological polar surface area (TPSA) is 57.5 Å². The minimum Gasteiger partial charge on any atom is -0.504 e. The van der Waals surface area contributed by atoms with Gasteiger partial charge < -0.3 is 15.0 Å². The molecule has 3 nitrogen and oxygen atoms in total. The van der Waals surface area contributed by atoms with Crippen LogP contribution in [-0.4, -0.2) is 16.5 Å². The Bertz CT molecular complexity index is 349. The number of phenols is 2. The highest BCUT2D eigenvalue weighted by molar-refractivity contribution is 5.54. The molecule has 1 atom stereocenters. The third-order valence-electron chi connectivity index (χ3n) is 2.09. The summed E-state index contributed by atoms with van der Waals surface area (Å²) in [6, 6.07) is 2.13. The van der Waals surface area contributed by atoms with E-state index in [9.17, 15) is 14.3 Å². The van der Waals surface area contributed by atoms with Gasteiger partial charge >= 0.3 is 0 Å². The van der Waals surface area contributed by atoms with Crippen molar-refractivity contribution >= 4 is 6.29 Å². The van der Waals surface area contributed by atoms with Crippen molar-refractivity contribution in [3.63, 3.8) is 0 Å². The molecule has 0 radical (unpaired) electrons. The van der Waals surface area contributed by atoms with E-state index in [1.54, 1.807) is 6.92 Å². The zero-order chi connectivity index (χ0) is 10.7. The average molecular weight is 198 g/mol. The van der Waals surface area contributed by atoms with E-state index >= 15 is 0 Å². The van der Waals surface area contributed by atoms with Crippen molar-refractivity contribution in [3.8, 4) is 11.5 Å². The van der Waals surface area contributed by atoms with Gasteiger partial charge in [-0.3, -0.25) is 0 Å². The van der Waals surface area contributed by atoms with Crippen molar-refractivity contribution in [2.45, 2.75) is 19.3 Å². The molecule has 0 bridgehead atoms. The van der Waals surface area contributed by atoms with Gasteiger partial charge in [0.05, 0.1) is 0 Å². The molecule has 0 amide bonds. The highest BCUT2D eigenvalue weighted by atomic mass is 19.1. The number of aldehydes is 1. The predicted octanol–water partition coefficient (Wildman–Crippen LogP) is 1.93. The second-order valence-electron chi connectivity index (χ2n) is 3.13. The number of hydrogen-bond donors (Lipinski definition) is 2. The van der Waals surface area contributed by atoms with E-state index in [-0.39, 0.29) is 17.7 Å². The molecular weight excluding hydrogens is 187 g/mol. The van der Waals surface area contributed by atoms with Crippen molar-refractivity contribution in [3.05, 3.63) is 23.5 Å². The average Bonchev–Trinajstić information content (AvgIpc) is 2.13. The minimum atomic E-state index is -0.616. The van der Waals surface area contributed by atoms with Crippen LogP contribution >= 0.6 is 0 Å². The van der Waals surface area contributed by atoms with Gasteiger partial charge in [0, 0.05) is 12.0 Å². The fourth-order valence-corrected chi connectivity index (χ4v) is 1.30. The summed E-state index contributed by atoms with van der Waals surface area (Å²) in [5.41, 5.74) is -0.0166. The first kappa shape index (κ1) is 10.5. The molecule has 0 heterocycles. The number of rotatable bonds is 3. The Morgan fingerprint density at radius 1 is 1.50 bits per heavy atom. The standard InChI is InChI=1S/C10H11FO3/c1-6(4-5-12)9-7(11)2-3-8(13)10(9)14/h2-3,5-6,13-14H,4H2,1H3. The Kier molecular flexibility index (Phi) is 3.06. The Hall–Kier alpha value is -1.58. The lowest BCUT2D eigenvalue weighted by Crippen LogP contribution is -1.98. The lowest BCUT2D eigenvalue weighted by molar-refractivity contribution is -0.108. The van der Waals surface area contributed by atoms with Crippen molar-refractivity contribution in [2.24, 2.45) is 0 Å². The second-order valence-corrected chi connectivity index (χ2v) is 3.13. The van der Waals surface area contributed by atoms with Crippen LogP contribution in [0.5, 0.6) is 11.5 Å². The number of carbonyl (C=O) groups excluding carboxylic acids is 1. The molecule has 0 aliphatic heterocycles. The first-order chi connectivity index (χ1) is 6.57. The third-order valence-corrected chi connectivity index (χ3v) is 2.09. The molecule has 1 unspecified atom stereocenters. The van der Waals surface area contributed by atoms with Gasteiger partial charge in [-0.05, 0) is 18.1 Å². The van der Waals surface area contributed by atoms with E-state index in [0.717, 1.165) is 12.1 Å². The maximum Gasteiger partial charge on any atom is 0.163 e. The van der Waals surface area contributed by atoms with Crippen LogP contribution in [0.2, 0.25) is 0 Å². The van der Waals surface area contributed by atoms with Crippen molar-refractivity contribution in [1.29, 1.82) is 0 Å². The third kappa shape index (κ3) is 1.84. The number of phenolic OH excluding ortho intramolecular Hbond substituents is 2. The minimum absolute atomic E-state index is 0.0166.